The van der Waals surface area contributed by atoms with Gasteiger partial charge in [-0.05, 0) is 23.3 Å². The van der Waals surface area contributed by atoms with Crippen molar-refractivity contribution in [1.82, 2.24) is 14.8 Å². The summed E-state index contributed by atoms with van der Waals surface area (Å²) in [4.78, 5) is 0. The molecule has 0 aliphatic rings. The molecule has 5 heteroatoms. The molecule has 0 amide bonds. The molecule has 1 N–H and O–H groups in total. The van der Waals surface area contributed by atoms with Gasteiger partial charge < -0.3 is 0 Å². The fourth-order valence-electron chi connectivity index (χ4n) is 2.22. The summed E-state index contributed by atoms with van der Waals surface area (Å²) in [7, 11) is 0. The second kappa shape index (κ2) is 7.42. The summed E-state index contributed by atoms with van der Waals surface area (Å²) in [5.41, 5.74) is 2.56. The highest BCUT2D eigenvalue weighted by atomic mass is 32.2. The molecule has 0 saturated carbocycles. The zero-order valence-electron chi connectivity index (χ0n) is 12.1. The number of benzene rings is 2. The van der Waals surface area contributed by atoms with Gasteiger partial charge >= 0.3 is 0 Å². The van der Waals surface area contributed by atoms with Gasteiger partial charge in [-0.1, -0.05) is 60.7 Å². The predicted molar refractivity (Wildman–Crippen MR) is 94.4 cm³/mol. The molecule has 0 unspecified atom stereocenters. The first kappa shape index (κ1) is 15.1. The van der Waals surface area contributed by atoms with Gasteiger partial charge in [-0.25, -0.2) is 0 Å². The molecule has 3 nitrogen and oxygen atoms in total. The van der Waals surface area contributed by atoms with Crippen LogP contribution in [-0.2, 0) is 18.1 Å². The van der Waals surface area contributed by atoms with E-state index in [2.05, 4.69) is 51.2 Å². The van der Waals surface area contributed by atoms with E-state index in [1.807, 2.05) is 36.0 Å². The smallest absolute Gasteiger partial charge is 0.195 e. The Morgan fingerprint density at radius 3 is 2.23 bits per heavy atom. The van der Waals surface area contributed by atoms with Gasteiger partial charge in [-0.3, -0.25) is 9.67 Å². The van der Waals surface area contributed by atoms with E-state index < -0.39 is 0 Å². The number of H-pyrrole nitrogens is 1. The molecule has 0 radical (unpaired) electrons. The molecule has 0 aliphatic heterocycles. The van der Waals surface area contributed by atoms with Gasteiger partial charge in [0.15, 0.2) is 4.77 Å². The number of hydrogen-bond acceptors (Lipinski definition) is 3. The highest BCUT2D eigenvalue weighted by Crippen LogP contribution is 2.17. The lowest BCUT2D eigenvalue weighted by Gasteiger charge is -2.07. The first-order valence-electron chi connectivity index (χ1n) is 7.12. The molecule has 3 rings (SSSR count). The van der Waals surface area contributed by atoms with E-state index >= 15 is 0 Å². The molecular formula is C17H17N3S2. The van der Waals surface area contributed by atoms with Gasteiger partial charge in [-0.2, -0.15) is 5.10 Å². The van der Waals surface area contributed by atoms with Crippen molar-refractivity contribution in [3.63, 3.8) is 0 Å². The van der Waals surface area contributed by atoms with Crippen molar-refractivity contribution in [1.29, 1.82) is 0 Å². The van der Waals surface area contributed by atoms with E-state index in [-0.39, 0.29) is 0 Å². The molecule has 1 heterocycles. The molecule has 3 aromatic rings. The molecule has 22 heavy (non-hydrogen) atoms. The van der Waals surface area contributed by atoms with Crippen LogP contribution in [0.2, 0.25) is 0 Å². The lowest BCUT2D eigenvalue weighted by molar-refractivity contribution is 0.746. The number of rotatable bonds is 6. The number of hydrogen-bond donors (Lipinski definition) is 1. The van der Waals surface area contributed by atoms with Crippen LogP contribution in [0.3, 0.4) is 0 Å². The summed E-state index contributed by atoms with van der Waals surface area (Å²) >= 11 is 7.20. The average Bonchev–Trinajstić information content (AvgIpc) is 2.90. The zero-order valence-corrected chi connectivity index (χ0v) is 13.7. The molecular weight excluding hydrogens is 310 g/mol. The first-order chi connectivity index (χ1) is 10.8. The van der Waals surface area contributed by atoms with E-state index in [9.17, 15) is 0 Å². The average molecular weight is 327 g/mol. The zero-order chi connectivity index (χ0) is 15.2. The van der Waals surface area contributed by atoms with Crippen molar-refractivity contribution in [3.05, 3.63) is 82.4 Å². The van der Waals surface area contributed by atoms with Crippen LogP contribution in [0.4, 0.5) is 0 Å². The van der Waals surface area contributed by atoms with Crippen molar-refractivity contribution in [2.24, 2.45) is 0 Å². The molecule has 112 valence electrons. The van der Waals surface area contributed by atoms with Crippen molar-refractivity contribution in [3.8, 4) is 0 Å². The summed E-state index contributed by atoms with van der Waals surface area (Å²) in [5.74, 6) is 2.82. The maximum atomic E-state index is 5.35. The monoisotopic (exact) mass is 327 g/mol. The minimum Gasteiger partial charge on any atom is -0.299 e. The first-order valence-corrected chi connectivity index (χ1v) is 8.69. The second-order valence-electron chi connectivity index (χ2n) is 5.00. The number of nitrogens with one attached hydrogen (secondary N) is 1. The van der Waals surface area contributed by atoms with E-state index in [0.29, 0.717) is 4.77 Å². The predicted octanol–water partition coefficient (Wildman–Crippen LogP) is 4.42. The van der Waals surface area contributed by atoms with E-state index in [1.165, 1.54) is 11.1 Å². The van der Waals surface area contributed by atoms with Crippen LogP contribution in [0.5, 0.6) is 0 Å². The maximum Gasteiger partial charge on any atom is 0.195 e. The summed E-state index contributed by atoms with van der Waals surface area (Å²) in [6.45, 7) is 0.761. The number of thioether (sulfide) groups is 1. The SMILES string of the molecule is S=c1[nH]nc(CSCc2ccccc2)n1Cc1ccccc1. The number of aromatic nitrogens is 3. The Morgan fingerprint density at radius 2 is 1.55 bits per heavy atom. The molecule has 1 aromatic heterocycles. The van der Waals surface area contributed by atoms with Crippen LogP contribution in [0.25, 0.3) is 0 Å². The molecule has 2 aromatic carbocycles. The van der Waals surface area contributed by atoms with Crippen LogP contribution in [-0.4, -0.2) is 14.8 Å². The Hall–Kier alpha value is -1.85. The summed E-state index contributed by atoms with van der Waals surface area (Å²) < 4.78 is 2.75. The third-order valence-corrected chi connectivity index (χ3v) is 4.68. The van der Waals surface area contributed by atoms with Crippen LogP contribution in [0.1, 0.15) is 17.0 Å². The van der Waals surface area contributed by atoms with Gasteiger partial charge in [0.2, 0.25) is 0 Å². The minimum atomic E-state index is 0.680. The summed E-state index contributed by atoms with van der Waals surface area (Å²) in [5, 5.41) is 7.28. The Morgan fingerprint density at radius 1 is 0.909 bits per heavy atom. The van der Waals surface area contributed by atoms with Crippen molar-refractivity contribution in [2.45, 2.75) is 18.1 Å². The molecule has 0 spiro atoms. The van der Waals surface area contributed by atoms with Crippen molar-refractivity contribution in [2.75, 3.05) is 0 Å². The summed E-state index contributed by atoms with van der Waals surface area (Å²) in [6.07, 6.45) is 0. The molecule has 0 bridgehead atoms. The van der Waals surface area contributed by atoms with E-state index in [4.69, 9.17) is 12.2 Å². The molecule has 0 saturated heterocycles. The van der Waals surface area contributed by atoms with Gasteiger partial charge in [0.05, 0.1) is 12.3 Å². The highest BCUT2D eigenvalue weighted by Gasteiger charge is 2.07. The Labute approximate surface area is 139 Å². The molecule has 0 fully saturated rings. The van der Waals surface area contributed by atoms with Gasteiger partial charge in [0.1, 0.15) is 5.82 Å². The van der Waals surface area contributed by atoms with Crippen molar-refractivity contribution >= 4 is 24.0 Å². The number of nitrogens with zero attached hydrogens (tertiary/aromatic N) is 2. The minimum absolute atomic E-state index is 0.680. The Kier molecular flexibility index (Phi) is 5.08. The van der Waals surface area contributed by atoms with Gasteiger partial charge in [0, 0.05) is 5.75 Å². The van der Waals surface area contributed by atoms with E-state index in [0.717, 1.165) is 23.9 Å². The van der Waals surface area contributed by atoms with Crippen LogP contribution in [0.15, 0.2) is 60.7 Å². The Balaban J connectivity index is 1.66. The standard InChI is InChI=1S/C17H17N3S2/c21-17-19-18-16(13-22-12-15-9-5-2-6-10-15)20(17)11-14-7-3-1-4-8-14/h1-10H,11-13H2,(H,19,21). The second-order valence-corrected chi connectivity index (χ2v) is 6.37. The number of aromatic amines is 1. The lowest BCUT2D eigenvalue weighted by Crippen LogP contribution is -2.04. The lowest BCUT2D eigenvalue weighted by atomic mass is 10.2. The molecule has 0 aliphatic carbocycles. The maximum absolute atomic E-state index is 5.35. The van der Waals surface area contributed by atoms with Crippen LogP contribution >= 0.6 is 24.0 Å². The van der Waals surface area contributed by atoms with Gasteiger partial charge in [0.25, 0.3) is 0 Å². The fraction of sp³-hybridized carbons (Fsp3) is 0.176. The third-order valence-electron chi connectivity index (χ3n) is 3.36. The highest BCUT2D eigenvalue weighted by molar-refractivity contribution is 7.97. The topological polar surface area (TPSA) is 33.6 Å². The molecule has 0 atom stereocenters. The van der Waals surface area contributed by atoms with E-state index in [1.54, 1.807) is 0 Å². The largest absolute Gasteiger partial charge is 0.299 e. The third kappa shape index (κ3) is 3.87. The summed E-state index contributed by atoms with van der Waals surface area (Å²) in [6, 6.07) is 20.8. The fourth-order valence-corrected chi connectivity index (χ4v) is 3.37. The quantitative estimate of drug-likeness (QED) is 0.680. The normalized spacial score (nSPS) is 10.7. The van der Waals surface area contributed by atoms with Crippen LogP contribution in [0, 0.1) is 4.77 Å². The van der Waals surface area contributed by atoms with Gasteiger partial charge in [-0.15, -0.1) is 11.8 Å². The van der Waals surface area contributed by atoms with Crippen molar-refractivity contribution < 1.29 is 0 Å². The van der Waals surface area contributed by atoms with Crippen LogP contribution < -0.4 is 0 Å². The Bertz CT molecular complexity index is 763.